The largest absolute Gasteiger partial charge is 0.330 e. The van der Waals surface area contributed by atoms with Crippen LogP contribution < -0.4 is 5.73 Å². The van der Waals surface area contributed by atoms with Crippen LogP contribution in [0.5, 0.6) is 0 Å². The van der Waals surface area contributed by atoms with Crippen LogP contribution in [0.4, 0.5) is 0 Å². The Balaban J connectivity index is 1.85. The molecule has 1 aliphatic carbocycles. The van der Waals surface area contributed by atoms with Crippen LogP contribution in [0, 0.1) is 17.3 Å². The van der Waals surface area contributed by atoms with E-state index < -0.39 is 0 Å². The molecule has 1 heterocycles. The van der Waals surface area contributed by atoms with Crippen LogP contribution >= 0.6 is 0 Å². The number of nitrogens with zero attached hydrogens (tertiary/aromatic N) is 1. The van der Waals surface area contributed by atoms with Crippen molar-refractivity contribution in [3.8, 4) is 0 Å². The van der Waals surface area contributed by atoms with Gasteiger partial charge in [-0.25, -0.2) is 0 Å². The number of hydrogen-bond donors (Lipinski definition) is 1. The van der Waals surface area contributed by atoms with Crippen molar-refractivity contribution in [2.45, 2.75) is 58.9 Å². The van der Waals surface area contributed by atoms with Gasteiger partial charge >= 0.3 is 0 Å². The standard InChI is InChI=1S/C15H30N2/c1-12-4-5-14(10-13(12)2)17-8-6-15(3,11-16)7-9-17/h12-14H,4-11,16H2,1-3H3. The molecule has 3 atom stereocenters. The second-order valence-electron chi connectivity index (χ2n) is 6.97. The summed E-state index contributed by atoms with van der Waals surface area (Å²) in [7, 11) is 0. The maximum Gasteiger partial charge on any atom is 0.00980 e. The molecule has 1 saturated carbocycles. The van der Waals surface area contributed by atoms with Gasteiger partial charge in [-0.3, -0.25) is 0 Å². The Morgan fingerprint density at radius 1 is 1.12 bits per heavy atom. The zero-order valence-electron chi connectivity index (χ0n) is 11.9. The Labute approximate surface area is 107 Å². The van der Waals surface area contributed by atoms with Gasteiger partial charge in [0.15, 0.2) is 0 Å². The Bertz CT molecular complexity index is 243. The van der Waals surface area contributed by atoms with E-state index in [1.165, 1.54) is 45.2 Å². The van der Waals surface area contributed by atoms with Gasteiger partial charge in [0, 0.05) is 6.04 Å². The summed E-state index contributed by atoms with van der Waals surface area (Å²) >= 11 is 0. The maximum atomic E-state index is 5.88. The first-order valence-electron chi connectivity index (χ1n) is 7.48. The Morgan fingerprint density at radius 2 is 1.76 bits per heavy atom. The van der Waals surface area contributed by atoms with Gasteiger partial charge < -0.3 is 10.6 Å². The molecule has 0 bridgehead atoms. The van der Waals surface area contributed by atoms with Crippen LogP contribution in [-0.4, -0.2) is 30.6 Å². The lowest BCUT2D eigenvalue weighted by atomic mass is 9.76. The average Bonchev–Trinajstić information content (AvgIpc) is 2.34. The fourth-order valence-corrected chi connectivity index (χ4v) is 3.48. The summed E-state index contributed by atoms with van der Waals surface area (Å²) in [6, 6.07) is 0.864. The molecular formula is C15H30N2. The molecule has 0 aromatic rings. The van der Waals surface area contributed by atoms with Crippen molar-refractivity contribution < 1.29 is 0 Å². The lowest BCUT2D eigenvalue weighted by molar-refractivity contribution is 0.0507. The van der Waals surface area contributed by atoms with Crippen LogP contribution in [0.15, 0.2) is 0 Å². The summed E-state index contributed by atoms with van der Waals surface area (Å²) in [5.74, 6) is 1.85. The summed E-state index contributed by atoms with van der Waals surface area (Å²) < 4.78 is 0. The first-order valence-corrected chi connectivity index (χ1v) is 7.48. The monoisotopic (exact) mass is 238 g/mol. The summed E-state index contributed by atoms with van der Waals surface area (Å²) in [5, 5.41) is 0. The maximum absolute atomic E-state index is 5.88. The smallest absolute Gasteiger partial charge is 0.00980 e. The molecule has 1 aliphatic heterocycles. The fourth-order valence-electron chi connectivity index (χ4n) is 3.48. The molecule has 2 N–H and O–H groups in total. The molecule has 100 valence electrons. The van der Waals surface area contributed by atoms with Gasteiger partial charge in [-0.05, 0) is 69.0 Å². The van der Waals surface area contributed by atoms with E-state index in [1.54, 1.807) is 0 Å². The van der Waals surface area contributed by atoms with Gasteiger partial charge in [0.05, 0.1) is 0 Å². The third-order valence-electron chi connectivity index (χ3n) is 5.58. The summed E-state index contributed by atoms with van der Waals surface area (Å²) in [6.45, 7) is 10.6. The molecule has 2 heteroatoms. The first-order chi connectivity index (χ1) is 8.04. The van der Waals surface area contributed by atoms with Crippen molar-refractivity contribution in [2.24, 2.45) is 23.0 Å². The van der Waals surface area contributed by atoms with Crippen molar-refractivity contribution in [3.63, 3.8) is 0 Å². The number of piperidine rings is 1. The van der Waals surface area contributed by atoms with E-state index >= 15 is 0 Å². The highest BCUT2D eigenvalue weighted by atomic mass is 15.2. The van der Waals surface area contributed by atoms with Crippen molar-refractivity contribution in [2.75, 3.05) is 19.6 Å². The molecule has 17 heavy (non-hydrogen) atoms. The summed E-state index contributed by atoms with van der Waals surface area (Å²) in [5.41, 5.74) is 6.30. The van der Waals surface area contributed by atoms with Crippen LogP contribution in [0.25, 0.3) is 0 Å². The lowest BCUT2D eigenvalue weighted by Gasteiger charge is -2.45. The average molecular weight is 238 g/mol. The normalized spacial score (nSPS) is 39.2. The molecule has 2 aliphatic rings. The van der Waals surface area contributed by atoms with Gasteiger partial charge in [-0.15, -0.1) is 0 Å². The second-order valence-corrected chi connectivity index (χ2v) is 6.97. The van der Waals surface area contributed by atoms with E-state index in [0.29, 0.717) is 5.41 Å². The van der Waals surface area contributed by atoms with Gasteiger partial charge in [0.1, 0.15) is 0 Å². The highest BCUT2D eigenvalue weighted by Crippen LogP contribution is 2.36. The van der Waals surface area contributed by atoms with Crippen molar-refractivity contribution in [1.29, 1.82) is 0 Å². The van der Waals surface area contributed by atoms with E-state index in [0.717, 1.165) is 24.4 Å². The van der Waals surface area contributed by atoms with E-state index in [-0.39, 0.29) is 0 Å². The summed E-state index contributed by atoms with van der Waals surface area (Å²) in [4.78, 5) is 2.75. The molecule has 1 saturated heterocycles. The van der Waals surface area contributed by atoms with E-state index in [4.69, 9.17) is 5.73 Å². The molecule has 2 rings (SSSR count). The van der Waals surface area contributed by atoms with Crippen molar-refractivity contribution >= 4 is 0 Å². The zero-order chi connectivity index (χ0) is 12.5. The number of nitrogens with two attached hydrogens (primary N) is 1. The van der Waals surface area contributed by atoms with Crippen LogP contribution in [0.3, 0.4) is 0 Å². The predicted molar refractivity (Wildman–Crippen MR) is 73.9 cm³/mol. The van der Waals surface area contributed by atoms with Gasteiger partial charge in [0.25, 0.3) is 0 Å². The molecular weight excluding hydrogens is 208 g/mol. The lowest BCUT2D eigenvalue weighted by Crippen LogP contribution is -2.48. The van der Waals surface area contributed by atoms with Crippen LogP contribution in [0.1, 0.15) is 52.9 Å². The zero-order valence-corrected chi connectivity index (χ0v) is 11.9. The highest BCUT2D eigenvalue weighted by molar-refractivity contribution is 4.88. The van der Waals surface area contributed by atoms with E-state index in [9.17, 15) is 0 Å². The van der Waals surface area contributed by atoms with Crippen molar-refractivity contribution in [1.82, 2.24) is 4.90 Å². The van der Waals surface area contributed by atoms with Crippen molar-refractivity contribution in [3.05, 3.63) is 0 Å². The Hall–Kier alpha value is -0.0800. The van der Waals surface area contributed by atoms with Crippen LogP contribution in [0.2, 0.25) is 0 Å². The molecule has 0 amide bonds. The number of rotatable bonds is 2. The molecule has 0 aromatic carbocycles. The first kappa shape index (κ1) is 13.4. The van der Waals surface area contributed by atoms with E-state index in [1.807, 2.05) is 0 Å². The third kappa shape index (κ3) is 3.03. The molecule has 0 radical (unpaired) electrons. The number of likely N-dealkylation sites (tertiary alicyclic amines) is 1. The quantitative estimate of drug-likeness (QED) is 0.801. The minimum absolute atomic E-state index is 0.421. The number of hydrogen-bond acceptors (Lipinski definition) is 2. The van der Waals surface area contributed by atoms with E-state index in [2.05, 4.69) is 25.7 Å². The summed E-state index contributed by atoms with van der Waals surface area (Å²) in [6.07, 6.45) is 6.86. The van der Waals surface area contributed by atoms with Gasteiger partial charge in [-0.2, -0.15) is 0 Å². The fraction of sp³-hybridized carbons (Fsp3) is 1.00. The van der Waals surface area contributed by atoms with Gasteiger partial charge in [0.2, 0.25) is 0 Å². The van der Waals surface area contributed by atoms with Gasteiger partial charge in [-0.1, -0.05) is 20.8 Å². The molecule has 2 nitrogen and oxygen atoms in total. The minimum Gasteiger partial charge on any atom is -0.330 e. The topological polar surface area (TPSA) is 29.3 Å². The molecule has 0 spiro atoms. The third-order valence-corrected chi connectivity index (χ3v) is 5.58. The SMILES string of the molecule is CC1CCC(N2CCC(C)(CN)CC2)CC1C. The highest BCUT2D eigenvalue weighted by Gasteiger charge is 2.34. The second kappa shape index (κ2) is 5.27. The molecule has 3 unspecified atom stereocenters. The Morgan fingerprint density at radius 3 is 2.29 bits per heavy atom. The minimum atomic E-state index is 0.421. The Kier molecular flexibility index (Phi) is 4.14. The predicted octanol–water partition coefficient (Wildman–Crippen LogP) is 2.87. The van der Waals surface area contributed by atoms with Crippen LogP contribution in [-0.2, 0) is 0 Å². The molecule has 0 aromatic heterocycles. The molecule has 2 fully saturated rings.